The standard InChI is InChI=1S/C23H28N4O2S.HI/c1-17-9-10-19(21(13-17)29-12-11-28-3)14-25-23(24-2)26-15-20-16-30-22(27-20)18-7-5-4-6-8-18;/h4-10,13,16H,11-12,14-15H2,1-3H3,(H2,24,25,26);1H. The van der Waals surface area contributed by atoms with E-state index in [4.69, 9.17) is 14.5 Å². The minimum atomic E-state index is 0. The topological polar surface area (TPSA) is 67.8 Å². The van der Waals surface area contributed by atoms with Gasteiger partial charge in [-0.05, 0) is 18.6 Å². The average Bonchev–Trinajstić information content (AvgIpc) is 3.25. The van der Waals surface area contributed by atoms with E-state index in [1.54, 1.807) is 25.5 Å². The number of hydrogen-bond donors (Lipinski definition) is 2. The molecule has 0 fully saturated rings. The number of aromatic nitrogens is 1. The van der Waals surface area contributed by atoms with Gasteiger partial charge < -0.3 is 20.1 Å². The van der Waals surface area contributed by atoms with Gasteiger partial charge in [0.05, 0.1) is 18.8 Å². The van der Waals surface area contributed by atoms with Crippen LogP contribution < -0.4 is 15.4 Å². The van der Waals surface area contributed by atoms with Gasteiger partial charge in [0.2, 0.25) is 0 Å². The Morgan fingerprint density at radius 3 is 2.58 bits per heavy atom. The van der Waals surface area contributed by atoms with E-state index in [0.717, 1.165) is 33.1 Å². The first-order chi connectivity index (χ1) is 14.7. The molecule has 166 valence electrons. The van der Waals surface area contributed by atoms with Gasteiger partial charge in [-0.1, -0.05) is 42.5 Å². The minimum absolute atomic E-state index is 0. The fourth-order valence-electron chi connectivity index (χ4n) is 2.85. The highest BCUT2D eigenvalue weighted by Gasteiger charge is 2.08. The molecule has 0 atom stereocenters. The number of hydrogen-bond acceptors (Lipinski definition) is 5. The van der Waals surface area contributed by atoms with Crippen molar-refractivity contribution in [1.82, 2.24) is 15.6 Å². The molecular weight excluding hydrogens is 523 g/mol. The van der Waals surface area contributed by atoms with Crippen molar-refractivity contribution in [2.75, 3.05) is 27.4 Å². The summed E-state index contributed by atoms with van der Waals surface area (Å²) < 4.78 is 10.9. The second kappa shape index (κ2) is 13.3. The van der Waals surface area contributed by atoms with Gasteiger partial charge >= 0.3 is 0 Å². The zero-order valence-electron chi connectivity index (χ0n) is 18.1. The molecule has 31 heavy (non-hydrogen) atoms. The first-order valence-corrected chi connectivity index (χ1v) is 10.7. The summed E-state index contributed by atoms with van der Waals surface area (Å²) in [7, 11) is 3.43. The number of halogens is 1. The van der Waals surface area contributed by atoms with Crippen LogP contribution in [0.5, 0.6) is 5.75 Å². The number of benzene rings is 2. The van der Waals surface area contributed by atoms with E-state index in [9.17, 15) is 0 Å². The van der Waals surface area contributed by atoms with Crippen LogP contribution in [0, 0.1) is 6.92 Å². The van der Waals surface area contributed by atoms with Gasteiger partial charge in [-0.2, -0.15) is 0 Å². The normalized spacial score (nSPS) is 11.0. The number of thiazole rings is 1. The number of aliphatic imine (C=N–C) groups is 1. The second-order valence-corrected chi connectivity index (χ2v) is 7.60. The predicted octanol–water partition coefficient (Wildman–Crippen LogP) is 4.63. The Morgan fingerprint density at radius 1 is 1.06 bits per heavy atom. The SMILES string of the molecule is CN=C(NCc1csc(-c2ccccc2)n1)NCc1ccc(C)cc1OCCOC.I. The van der Waals surface area contributed by atoms with Crippen molar-refractivity contribution >= 4 is 41.3 Å². The van der Waals surface area contributed by atoms with Crippen LogP contribution in [0.25, 0.3) is 10.6 Å². The summed E-state index contributed by atoms with van der Waals surface area (Å²) in [5.41, 5.74) is 4.35. The highest BCUT2D eigenvalue weighted by atomic mass is 127. The van der Waals surface area contributed by atoms with Gasteiger partial charge in [-0.3, -0.25) is 4.99 Å². The van der Waals surface area contributed by atoms with Crippen LogP contribution in [0.2, 0.25) is 0 Å². The molecule has 0 amide bonds. The molecule has 0 saturated carbocycles. The molecule has 0 saturated heterocycles. The predicted molar refractivity (Wildman–Crippen MR) is 139 cm³/mol. The molecule has 6 nitrogen and oxygen atoms in total. The lowest BCUT2D eigenvalue weighted by atomic mass is 10.1. The molecule has 0 aliphatic carbocycles. The fourth-order valence-corrected chi connectivity index (χ4v) is 3.68. The third kappa shape index (κ3) is 7.79. The number of methoxy groups -OCH3 is 1. The number of nitrogens with one attached hydrogen (secondary N) is 2. The molecule has 0 spiro atoms. The maximum absolute atomic E-state index is 5.86. The van der Waals surface area contributed by atoms with Crippen LogP contribution in [-0.2, 0) is 17.8 Å². The lowest BCUT2D eigenvalue weighted by molar-refractivity contribution is 0.145. The zero-order valence-corrected chi connectivity index (χ0v) is 21.2. The number of aryl methyl sites for hydroxylation is 1. The second-order valence-electron chi connectivity index (χ2n) is 6.74. The molecule has 1 heterocycles. The summed E-state index contributed by atoms with van der Waals surface area (Å²) in [6.45, 7) is 4.34. The van der Waals surface area contributed by atoms with Gasteiger partial charge in [0, 0.05) is 37.2 Å². The van der Waals surface area contributed by atoms with E-state index in [-0.39, 0.29) is 24.0 Å². The number of nitrogens with zero attached hydrogens (tertiary/aromatic N) is 2. The van der Waals surface area contributed by atoms with Crippen molar-refractivity contribution in [2.24, 2.45) is 4.99 Å². The Kier molecular flexibility index (Phi) is 10.8. The van der Waals surface area contributed by atoms with E-state index in [0.29, 0.717) is 32.3 Å². The van der Waals surface area contributed by atoms with Crippen molar-refractivity contribution in [3.05, 3.63) is 70.7 Å². The molecule has 0 bridgehead atoms. The molecule has 3 aromatic rings. The van der Waals surface area contributed by atoms with Gasteiger partial charge in [0.25, 0.3) is 0 Å². The molecule has 3 rings (SSSR count). The third-order valence-corrected chi connectivity index (χ3v) is 5.39. The molecule has 0 unspecified atom stereocenters. The van der Waals surface area contributed by atoms with Crippen LogP contribution in [0.4, 0.5) is 0 Å². The van der Waals surface area contributed by atoms with Gasteiger partial charge in [-0.25, -0.2) is 4.98 Å². The Labute approximate surface area is 205 Å². The van der Waals surface area contributed by atoms with Crippen LogP contribution in [0.3, 0.4) is 0 Å². The highest BCUT2D eigenvalue weighted by molar-refractivity contribution is 14.0. The van der Waals surface area contributed by atoms with Gasteiger partial charge in [0.15, 0.2) is 5.96 Å². The van der Waals surface area contributed by atoms with Crippen LogP contribution >= 0.6 is 35.3 Å². The van der Waals surface area contributed by atoms with Crippen molar-refractivity contribution in [1.29, 1.82) is 0 Å². The zero-order chi connectivity index (χ0) is 21.2. The first-order valence-electron chi connectivity index (χ1n) is 9.85. The van der Waals surface area contributed by atoms with E-state index >= 15 is 0 Å². The lowest BCUT2D eigenvalue weighted by Crippen LogP contribution is -2.36. The fraction of sp³-hybridized carbons (Fsp3) is 0.304. The molecular formula is C23H29IN4O2S. The number of ether oxygens (including phenoxy) is 2. The molecule has 2 aromatic carbocycles. The van der Waals surface area contributed by atoms with E-state index in [2.05, 4.69) is 52.2 Å². The quantitative estimate of drug-likeness (QED) is 0.176. The number of rotatable bonds is 9. The summed E-state index contributed by atoms with van der Waals surface area (Å²) in [6.07, 6.45) is 0. The Bertz CT molecular complexity index is 963. The summed E-state index contributed by atoms with van der Waals surface area (Å²) in [5, 5.41) is 9.77. The van der Waals surface area contributed by atoms with E-state index in [1.165, 1.54) is 0 Å². The summed E-state index contributed by atoms with van der Waals surface area (Å²) in [5.74, 6) is 1.58. The van der Waals surface area contributed by atoms with E-state index in [1.807, 2.05) is 24.3 Å². The van der Waals surface area contributed by atoms with Gasteiger partial charge in [0.1, 0.15) is 17.4 Å². The molecule has 0 aliphatic heterocycles. The Balaban J connectivity index is 0.00000341. The van der Waals surface area contributed by atoms with Crippen molar-refractivity contribution < 1.29 is 9.47 Å². The molecule has 2 N–H and O–H groups in total. The average molecular weight is 552 g/mol. The van der Waals surface area contributed by atoms with Crippen molar-refractivity contribution in [2.45, 2.75) is 20.0 Å². The lowest BCUT2D eigenvalue weighted by Gasteiger charge is -2.15. The first kappa shape index (κ1) is 25.1. The maximum atomic E-state index is 5.86. The minimum Gasteiger partial charge on any atom is -0.491 e. The Hall–Kier alpha value is -2.17. The summed E-state index contributed by atoms with van der Waals surface area (Å²) >= 11 is 1.65. The van der Waals surface area contributed by atoms with Crippen molar-refractivity contribution in [3.63, 3.8) is 0 Å². The number of guanidine groups is 1. The Morgan fingerprint density at radius 2 is 1.84 bits per heavy atom. The monoisotopic (exact) mass is 552 g/mol. The smallest absolute Gasteiger partial charge is 0.191 e. The molecule has 0 radical (unpaired) electrons. The van der Waals surface area contributed by atoms with Crippen LogP contribution in [0.15, 0.2) is 58.9 Å². The largest absolute Gasteiger partial charge is 0.491 e. The van der Waals surface area contributed by atoms with Crippen molar-refractivity contribution in [3.8, 4) is 16.3 Å². The van der Waals surface area contributed by atoms with Crippen LogP contribution in [-0.4, -0.2) is 38.3 Å². The molecule has 0 aliphatic rings. The maximum Gasteiger partial charge on any atom is 0.191 e. The van der Waals surface area contributed by atoms with Gasteiger partial charge in [-0.15, -0.1) is 35.3 Å². The molecule has 1 aromatic heterocycles. The third-order valence-electron chi connectivity index (χ3n) is 4.45. The highest BCUT2D eigenvalue weighted by Crippen LogP contribution is 2.23. The molecule has 8 heteroatoms. The summed E-state index contributed by atoms with van der Waals surface area (Å²) in [6, 6.07) is 16.4. The van der Waals surface area contributed by atoms with Crippen LogP contribution in [0.1, 0.15) is 16.8 Å². The summed E-state index contributed by atoms with van der Waals surface area (Å²) in [4.78, 5) is 9.03. The van der Waals surface area contributed by atoms with E-state index < -0.39 is 0 Å².